The Morgan fingerprint density at radius 2 is 1.86 bits per heavy atom. The highest BCUT2D eigenvalue weighted by Crippen LogP contribution is 2.34. The number of rotatable bonds is 1. The van der Waals surface area contributed by atoms with Gasteiger partial charge in [0.15, 0.2) is 11.5 Å². The van der Waals surface area contributed by atoms with Gasteiger partial charge < -0.3 is 15.2 Å². The van der Waals surface area contributed by atoms with Crippen LogP contribution in [0.1, 0.15) is 0 Å². The normalized spacial score (nSPS) is 13.6. The number of nitrogen functional groups attached to an aromatic ring is 1. The lowest BCUT2D eigenvalue weighted by molar-refractivity contribution is 0.171. The summed E-state index contributed by atoms with van der Waals surface area (Å²) in [6.45, 7) is 1.12. The average Bonchev–Trinajstić information content (AvgIpc) is 2.81. The van der Waals surface area contributed by atoms with Crippen molar-refractivity contribution in [1.82, 2.24) is 9.55 Å². The predicted molar refractivity (Wildman–Crippen MR) is 81.5 cm³/mol. The molecule has 0 fully saturated rings. The van der Waals surface area contributed by atoms with Crippen LogP contribution in [0.5, 0.6) is 11.5 Å². The highest BCUT2D eigenvalue weighted by molar-refractivity contribution is 6.31. The van der Waals surface area contributed by atoms with Crippen molar-refractivity contribution >= 4 is 28.6 Å². The summed E-state index contributed by atoms with van der Waals surface area (Å²) in [6.07, 6.45) is 0. The lowest BCUT2D eigenvalue weighted by Gasteiger charge is -2.19. The maximum Gasteiger partial charge on any atom is 0.205 e. The third kappa shape index (κ3) is 1.97. The van der Waals surface area contributed by atoms with E-state index in [4.69, 9.17) is 26.8 Å². The van der Waals surface area contributed by atoms with Gasteiger partial charge in [-0.25, -0.2) is 4.98 Å². The molecule has 6 heteroatoms. The van der Waals surface area contributed by atoms with E-state index in [0.29, 0.717) is 29.9 Å². The van der Waals surface area contributed by atoms with Crippen LogP contribution in [0.2, 0.25) is 5.02 Å². The number of aromatic nitrogens is 2. The maximum absolute atomic E-state index is 6.05. The number of nitrogens with zero attached hydrogens (tertiary/aromatic N) is 2. The van der Waals surface area contributed by atoms with Gasteiger partial charge in [-0.3, -0.25) is 4.57 Å². The van der Waals surface area contributed by atoms with Crippen LogP contribution in [0.3, 0.4) is 0 Å². The van der Waals surface area contributed by atoms with Gasteiger partial charge >= 0.3 is 0 Å². The molecule has 0 saturated heterocycles. The van der Waals surface area contributed by atoms with Crippen LogP contribution < -0.4 is 15.2 Å². The molecule has 0 amide bonds. The molecule has 2 aromatic carbocycles. The molecule has 0 unspecified atom stereocenters. The molecular formula is C15H12ClN3O2. The van der Waals surface area contributed by atoms with Crippen LogP contribution in [-0.2, 0) is 0 Å². The van der Waals surface area contributed by atoms with Crippen molar-refractivity contribution in [3.63, 3.8) is 0 Å². The van der Waals surface area contributed by atoms with E-state index in [1.54, 1.807) is 6.07 Å². The number of nitrogens with two attached hydrogens (primary N) is 1. The number of fused-ring (bicyclic) bond motifs is 2. The second-order valence-electron chi connectivity index (χ2n) is 4.77. The van der Waals surface area contributed by atoms with E-state index in [2.05, 4.69) is 4.98 Å². The summed E-state index contributed by atoms with van der Waals surface area (Å²) in [5.41, 5.74) is 8.58. The lowest BCUT2D eigenvalue weighted by Crippen LogP contribution is -2.15. The van der Waals surface area contributed by atoms with Crippen LogP contribution >= 0.6 is 11.6 Å². The van der Waals surface area contributed by atoms with E-state index in [9.17, 15) is 0 Å². The molecule has 21 heavy (non-hydrogen) atoms. The third-order valence-electron chi connectivity index (χ3n) is 3.43. The summed E-state index contributed by atoms with van der Waals surface area (Å²) in [7, 11) is 0. The van der Waals surface area contributed by atoms with Gasteiger partial charge in [0.1, 0.15) is 13.2 Å². The molecule has 0 atom stereocenters. The fourth-order valence-electron chi connectivity index (χ4n) is 2.51. The SMILES string of the molecule is Nc1nc2cc(Cl)ccc2n1-c1ccc2c(c1)OCCO2. The van der Waals surface area contributed by atoms with E-state index < -0.39 is 0 Å². The molecule has 0 saturated carbocycles. The summed E-state index contributed by atoms with van der Waals surface area (Å²) >= 11 is 5.99. The van der Waals surface area contributed by atoms with Gasteiger partial charge in [0, 0.05) is 11.1 Å². The highest BCUT2D eigenvalue weighted by Gasteiger charge is 2.15. The summed E-state index contributed by atoms with van der Waals surface area (Å²) < 4.78 is 13.0. The molecule has 0 aliphatic carbocycles. The number of hydrogen-bond donors (Lipinski definition) is 1. The molecule has 5 nitrogen and oxygen atoms in total. The Morgan fingerprint density at radius 1 is 1.05 bits per heavy atom. The maximum atomic E-state index is 6.05. The molecule has 2 N–H and O–H groups in total. The second-order valence-corrected chi connectivity index (χ2v) is 5.20. The van der Waals surface area contributed by atoms with Crippen LogP contribution in [-0.4, -0.2) is 22.8 Å². The molecule has 0 radical (unpaired) electrons. The Morgan fingerprint density at radius 3 is 2.71 bits per heavy atom. The Labute approximate surface area is 125 Å². The zero-order valence-electron chi connectivity index (χ0n) is 11.0. The molecule has 2 heterocycles. The third-order valence-corrected chi connectivity index (χ3v) is 3.66. The van der Waals surface area contributed by atoms with Gasteiger partial charge in [-0.05, 0) is 30.3 Å². The minimum Gasteiger partial charge on any atom is -0.486 e. The van der Waals surface area contributed by atoms with E-state index in [1.165, 1.54) is 0 Å². The van der Waals surface area contributed by atoms with Crippen molar-refractivity contribution in [2.75, 3.05) is 18.9 Å². The number of anilines is 1. The molecule has 1 aliphatic rings. The van der Waals surface area contributed by atoms with Crippen LogP contribution in [0, 0.1) is 0 Å². The summed E-state index contributed by atoms with van der Waals surface area (Å²) in [5, 5.41) is 0.634. The van der Waals surface area contributed by atoms with Gasteiger partial charge in [0.2, 0.25) is 5.95 Å². The van der Waals surface area contributed by atoms with Crippen molar-refractivity contribution in [3.8, 4) is 17.2 Å². The number of hydrogen-bond acceptors (Lipinski definition) is 4. The fourth-order valence-corrected chi connectivity index (χ4v) is 2.68. The Hall–Kier alpha value is -2.40. The van der Waals surface area contributed by atoms with Crippen molar-refractivity contribution in [2.45, 2.75) is 0 Å². The standard InChI is InChI=1S/C15H12ClN3O2/c16-9-1-3-12-11(7-9)18-15(17)19(12)10-2-4-13-14(8-10)21-6-5-20-13/h1-4,7-8H,5-6H2,(H2,17,18). The van der Waals surface area contributed by atoms with Gasteiger partial charge in [-0.1, -0.05) is 11.6 Å². The topological polar surface area (TPSA) is 62.3 Å². The molecule has 1 aliphatic heterocycles. The number of benzene rings is 2. The van der Waals surface area contributed by atoms with Crippen molar-refractivity contribution in [3.05, 3.63) is 41.4 Å². The Kier molecular flexibility index (Phi) is 2.68. The largest absolute Gasteiger partial charge is 0.486 e. The summed E-state index contributed by atoms with van der Waals surface area (Å²) in [6, 6.07) is 11.2. The van der Waals surface area contributed by atoms with E-state index >= 15 is 0 Å². The zero-order chi connectivity index (χ0) is 14.4. The monoisotopic (exact) mass is 301 g/mol. The van der Waals surface area contributed by atoms with Crippen LogP contribution in [0.15, 0.2) is 36.4 Å². The molecule has 1 aromatic heterocycles. The lowest BCUT2D eigenvalue weighted by atomic mass is 10.2. The predicted octanol–water partition coefficient (Wildman–Crippen LogP) is 3.03. The quantitative estimate of drug-likeness (QED) is 0.750. The first-order chi connectivity index (χ1) is 10.2. The summed E-state index contributed by atoms with van der Waals surface area (Å²) in [5.74, 6) is 1.87. The van der Waals surface area contributed by atoms with Crippen LogP contribution in [0.25, 0.3) is 16.7 Å². The number of ether oxygens (including phenoxy) is 2. The molecular weight excluding hydrogens is 290 g/mol. The first-order valence-electron chi connectivity index (χ1n) is 6.56. The van der Waals surface area contributed by atoms with Crippen LogP contribution in [0.4, 0.5) is 5.95 Å². The first-order valence-corrected chi connectivity index (χ1v) is 6.94. The smallest absolute Gasteiger partial charge is 0.205 e. The molecule has 0 bridgehead atoms. The van der Waals surface area contributed by atoms with Gasteiger partial charge in [-0.2, -0.15) is 0 Å². The number of halogens is 1. The van der Waals surface area contributed by atoms with E-state index in [1.807, 2.05) is 34.9 Å². The molecule has 4 rings (SSSR count). The molecule has 3 aromatic rings. The molecule has 106 valence electrons. The second kappa shape index (κ2) is 4.56. The number of imidazole rings is 1. The molecule has 0 spiro atoms. The highest BCUT2D eigenvalue weighted by atomic mass is 35.5. The first kappa shape index (κ1) is 12.3. The minimum atomic E-state index is 0.406. The van der Waals surface area contributed by atoms with E-state index in [-0.39, 0.29) is 0 Å². The fraction of sp³-hybridized carbons (Fsp3) is 0.133. The Bertz CT molecular complexity index is 844. The average molecular weight is 302 g/mol. The minimum absolute atomic E-state index is 0.406. The van der Waals surface area contributed by atoms with Gasteiger partial charge in [0.25, 0.3) is 0 Å². The Balaban J connectivity index is 1.92. The zero-order valence-corrected chi connectivity index (χ0v) is 11.8. The van der Waals surface area contributed by atoms with E-state index in [0.717, 1.165) is 22.5 Å². The van der Waals surface area contributed by atoms with Gasteiger partial charge in [-0.15, -0.1) is 0 Å². The van der Waals surface area contributed by atoms with Crippen molar-refractivity contribution < 1.29 is 9.47 Å². The van der Waals surface area contributed by atoms with Crippen molar-refractivity contribution in [1.29, 1.82) is 0 Å². The summed E-state index contributed by atoms with van der Waals surface area (Å²) in [4.78, 5) is 4.35. The van der Waals surface area contributed by atoms with Gasteiger partial charge in [0.05, 0.1) is 16.7 Å². The van der Waals surface area contributed by atoms with Crippen molar-refractivity contribution in [2.24, 2.45) is 0 Å².